The first-order chi connectivity index (χ1) is 8.00. The molecule has 1 aliphatic rings. The average molecular weight is 294 g/mol. The van der Waals surface area contributed by atoms with E-state index in [4.69, 9.17) is 11.6 Å². The van der Waals surface area contributed by atoms with E-state index in [1.807, 2.05) is 13.1 Å². The van der Waals surface area contributed by atoms with Crippen molar-refractivity contribution in [1.29, 1.82) is 0 Å². The molecule has 1 aliphatic heterocycles. The summed E-state index contributed by atoms with van der Waals surface area (Å²) < 4.78 is 22.9. The molecule has 17 heavy (non-hydrogen) atoms. The topological polar surface area (TPSA) is 47.0 Å². The van der Waals surface area contributed by atoms with E-state index in [0.29, 0.717) is 17.4 Å². The van der Waals surface area contributed by atoms with E-state index in [-0.39, 0.29) is 11.8 Å². The molecule has 0 N–H and O–H groups in total. The molecule has 2 heterocycles. The van der Waals surface area contributed by atoms with Gasteiger partial charge in [-0.15, -0.1) is 22.9 Å². The number of halogens is 1. The third-order valence-electron chi connectivity index (χ3n) is 3.27. The number of thiazole rings is 1. The van der Waals surface area contributed by atoms with E-state index >= 15 is 0 Å². The number of aromatic nitrogens is 1. The maximum absolute atomic E-state index is 11.5. The Bertz CT molecular complexity index is 483. The molecular weight excluding hydrogens is 278 g/mol. The Balaban J connectivity index is 2.02. The van der Waals surface area contributed by atoms with Gasteiger partial charge in [0.1, 0.15) is 0 Å². The first-order valence-corrected chi connectivity index (χ1v) is 8.85. The zero-order valence-corrected chi connectivity index (χ0v) is 12.1. The average Bonchev–Trinajstić information content (AvgIpc) is 2.81. The van der Waals surface area contributed by atoms with E-state index in [9.17, 15) is 8.42 Å². The minimum atomic E-state index is -2.81. The molecule has 6 heteroatoms. The van der Waals surface area contributed by atoms with Crippen LogP contribution in [-0.4, -0.2) is 30.8 Å². The van der Waals surface area contributed by atoms with Crippen LogP contribution in [0, 0.1) is 18.8 Å². The second-order valence-electron chi connectivity index (χ2n) is 4.63. The van der Waals surface area contributed by atoms with Gasteiger partial charge >= 0.3 is 0 Å². The van der Waals surface area contributed by atoms with Gasteiger partial charge in [-0.05, 0) is 31.6 Å². The van der Waals surface area contributed by atoms with Crippen molar-refractivity contribution in [2.45, 2.75) is 19.8 Å². The molecule has 0 amide bonds. The lowest BCUT2D eigenvalue weighted by Gasteiger charge is -2.18. The van der Waals surface area contributed by atoms with Gasteiger partial charge < -0.3 is 0 Å². The SMILES string of the molecule is Cc1ncc(CC(CCl)C2CCS(=O)(=O)C2)s1. The second kappa shape index (κ2) is 5.24. The quantitative estimate of drug-likeness (QED) is 0.800. The first-order valence-electron chi connectivity index (χ1n) is 5.68. The predicted molar refractivity (Wildman–Crippen MR) is 71.5 cm³/mol. The molecule has 0 bridgehead atoms. The summed E-state index contributed by atoms with van der Waals surface area (Å²) in [6.07, 6.45) is 3.50. The Hall–Kier alpha value is -0.130. The van der Waals surface area contributed by atoms with Crippen LogP contribution in [0.2, 0.25) is 0 Å². The highest BCUT2D eigenvalue weighted by molar-refractivity contribution is 7.91. The van der Waals surface area contributed by atoms with Gasteiger partial charge in [-0.2, -0.15) is 0 Å². The van der Waals surface area contributed by atoms with Crippen molar-refractivity contribution in [3.8, 4) is 0 Å². The fourth-order valence-corrected chi connectivity index (χ4v) is 5.47. The maximum atomic E-state index is 11.5. The van der Waals surface area contributed by atoms with Crippen molar-refractivity contribution in [2.75, 3.05) is 17.4 Å². The van der Waals surface area contributed by atoms with Crippen LogP contribution in [0.25, 0.3) is 0 Å². The van der Waals surface area contributed by atoms with Crippen LogP contribution in [-0.2, 0) is 16.3 Å². The minimum Gasteiger partial charge on any atom is -0.250 e. The highest BCUT2D eigenvalue weighted by Gasteiger charge is 2.33. The van der Waals surface area contributed by atoms with Crippen LogP contribution in [0.3, 0.4) is 0 Å². The van der Waals surface area contributed by atoms with Gasteiger partial charge in [0.2, 0.25) is 0 Å². The van der Waals surface area contributed by atoms with E-state index in [0.717, 1.165) is 17.8 Å². The van der Waals surface area contributed by atoms with Crippen LogP contribution < -0.4 is 0 Å². The van der Waals surface area contributed by atoms with E-state index < -0.39 is 9.84 Å². The lowest BCUT2D eigenvalue weighted by atomic mass is 9.90. The highest BCUT2D eigenvalue weighted by atomic mass is 35.5. The normalized spacial score (nSPS) is 24.9. The molecule has 1 saturated heterocycles. The minimum absolute atomic E-state index is 0.222. The molecule has 0 radical (unpaired) electrons. The third-order valence-corrected chi connectivity index (χ3v) is 6.39. The first kappa shape index (κ1) is 13.3. The zero-order valence-electron chi connectivity index (χ0n) is 9.73. The number of hydrogen-bond acceptors (Lipinski definition) is 4. The summed E-state index contributed by atoms with van der Waals surface area (Å²) in [6.45, 7) is 1.98. The summed E-state index contributed by atoms with van der Waals surface area (Å²) in [7, 11) is -2.81. The fraction of sp³-hybridized carbons (Fsp3) is 0.727. The van der Waals surface area contributed by atoms with Crippen LogP contribution in [0.4, 0.5) is 0 Å². The Morgan fingerprint density at radius 1 is 1.65 bits per heavy atom. The van der Waals surface area contributed by atoms with Gasteiger partial charge in [-0.1, -0.05) is 0 Å². The molecule has 1 fully saturated rings. The number of alkyl halides is 1. The molecular formula is C11H16ClNO2S2. The van der Waals surface area contributed by atoms with Gasteiger partial charge in [0.05, 0.1) is 16.5 Å². The van der Waals surface area contributed by atoms with Gasteiger partial charge in [0.15, 0.2) is 9.84 Å². The van der Waals surface area contributed by atoms with Crippen molar-refractivity contribution in [2.24, 2.45) is 11.8 Å². The summed E-state index contributed by atoms with van der Waals surface area (Å²) >= 11 is 7.66. The van der Waals surface area contributed by atoms with Gasteiger partial charge in [0, 0.05) is 17.0 Å². The maximum Gasteiger partial charge on any atom is 0.150 e. The summed E-state index contributed by atoms with van der Waals surface area (Å²) in [4.78, 5) is 5.42. The van der Waals surface area contributed by atoms with Crippen molar-refractivity contribution in [1.82, 2.24) is 4.98 Å². The monoisotopic (exact) mass is 293 g/mol. The van der Waals surface area contributed by atoms with Crippen molar-refractivity contribution in [3.63, 3.8) is 0 Å². The number of aryl methyl sites for hydroxylation is 1. The number of sulfone groups is 1. The van der Waals surface area contributed by atoms with Crippen molar-refractivity contribution >= 4 is 32.8 Å². The molecule has 1 aromatic rings. The van der Waals surface area contributed by atoms with Crippen molar-refractivity contribution < 1.29 is 8.42 Å². The van der Waals surface area contributed by atoms with Crippen LogP contribution in [0.1, 0.15) is 16.3 Å². The summed E-state index contributed by atoms with van der Waals surface area (Å²) in [5.41, 5.74) is 0. The molecule has 1 aromatic heterocycles. The second-order valence-corrected chi connectivity index (χ2v) is 8.48. The Labute approximate surface area is 111 Å². The Kier molecular flexibility index (Phi) is 4.10. The number of nitrogens with zero attached hydrogens (tertiary/aromatic N) is 1. The van der Waals surface area contributed by atoms with Gasteiger partial charge in [-0.3, -0.25) is 0 Å². The third kappa shape index (κ3) is 3.42. The molecule has 3 nitrogen and oxygen atoms in total. The Morgan fingerprint density at radius 3 is 2.88 bits per heavy atom. The molecule has 0 aliphatic carbocycles. The van der Waals surface area contributed by atoms with E-state index in [1.165, 1.54) is 4.88 Å². The van der Waals surface area contributed by atoms with Crippen LogP contribution >= 0.6 is 22.9 Å². The van der Waals surface area contributed by atoms with Gasteiger partial charge in [-0.25, -0.2) is 13.4 Å². The predicted octanol–water partition coefficient (Wildman–Crippen LogP) is 2.28. The lowest BCUT2D eigenvalue weighted by molar-refractivity contribution is 0.400. The molecule has 96 valence electrons. The van der Waals surface area contributed by atoms with E-state index in [2.05, 4.69) is 4.98 Å². The molecule has 2 unspecified atom stereocenters. The van der Waals surface area contributed by atoms with Crippen molar-refractivity contribution in [3.05, 3.63) is 16.1 Å². The standard InChI is InChI=1S/C11H16ClNO2S2/c1-8-13-6-11(16-8)4-10(5-12)9-2-3-17(14,15)7-9/h6,9-10H,2-5,7H2,1H3. The molecule has 0 aromatic carbocycles. The van der Waals surface area contributed by atoms with Crippen LogP contribution in [0.15, 0.2) is 6.20 Å². The summed E-state index contributed by atoms with van der Waals surface area (Å²) in [5, 5.41) is 1.05. The Morgan fingerprint density at radius 2 is 2.41 bits per heavy atom. The number of hydrogen-bond donors (Lipinski definition) is 0. The highest BCUT2D eigenvalue weighted by Crippen LogP contribution is 2.30. The molecule has 0 saturated carbocycles. The lowest BCUT2D eigenvalue weighted by Crippen LogP contribution is -2.19. The zero-order chi connectivity index (χ0) is 12.5. The molecule has 2 atom stereocenters. The summed E-state index contributed by atoms with van der Waals surface area (Å²) in [5.74, 6) is 1.64. The fourth-order valence-electron chi connectivity index (χ4n) is 2.30. The largest absolute Gasteiger partial charge is 0.250 e. The smallest absolute Gasteiger partial charge is 0.150 e. The summed E-state index contributed by atoms with van der Waals surface area (Å²) in [6, 6.07) is 0. The van der Waals surface area contributed by atoms with Crippen LogP contribution in [0.5, 0.6) is 0 Å². The molecule has 0 spiro atoms. The molecule has 2 rings (SSSR count). The van der Waals surface area contributed by atoms with Gasteiger partial charge in [0.25, 0.3) is 0 Å². The number of rotatable bonds is 4. The van der Waals surface area contributed by atoms with E-state index in [1.54, 1.807) is 11.3 Å².